The summed E-state index contributed by atoms with van der Waals surface area (Å²) in [6.07, 6.45) is 0.741. The molecule has 1 unspecified atom stereocenters. The van der Waals surface area contributed by atoms with E-state index in [4.69, 9.17) is 5.11 Å². The Morgan fingerprint density at radius 3 is 2.42 bits per heavy atom. The molecule has 0 saturated heterocycles. The summed E-state index contributed by atoms with van der Waals surface area (Å²) in [5, 5.41) is 21.2. The van der Waals surface area contributed by atoms with Crippen molar-refractivity contribution in [3.8, 4) is 0 Å². The fourth-order valence-electron chi connectivity index (χ4n) is 0.807. The van der Waals surface area contributed by atoms with Crippen LogP contribution in [0.15, 0.2) is 0 Å². The Balaban J connectivity index is 3.22. The van der Waals surface area contributed by atoms with Gasteiger partial charge in [-0.15, -0.1) is 0 Å². The van der Waals surface area contributed by atoms with Crippen molar-refractivity contribution in [1.82, 2.24) is 5.32 Å². The molecule has 0 aromatic carbocycles. The highest BCUT2D eigenvalue weighted by Gasteiger charge is 2.11. The summed E-state index contributed by atoms with van der Waals surface area (Å²) in [4.78, 5) is 0. The molecule has 0 spiro atoms. The number of aliphatic hydroxyl groups is 2. The van der Waals surface area contributed by atoms with Crippen molar-refractivity contribution in [2.24, 2.45) is 5.92 Å². The number of aliphatic hydroxyl groups excluding tert-OH is 1. The third kappa shape index (κ3) is 7.98. The highest BCUT2D eigenvalue weighted by Crippen LogP contribution is 2.04. The lowest BCUT2D eigenvalue weighted by molar-refractivity contribution is 0.0707. The van der Waals surface area contributed by atoms with Gasteiger partial charge in [-0.2, -0.15) is 0 Å². The second-order valence-electron chi connectivity index (χ2n) is 4.05. The number of nitrogens with one attached hydrogen (secondary N) is 1. The van der Waals surface area contributed by atoms with Crippen LogP contribution in [0.25, 0.3) is 0 Å². The van der Waals surface area contributed by atoms with Crippen molar-refractivity contribution in [2.75, 3.05) is 19.7 Å². The highest BCUT2D eigenvalue weighted by molar-refractivity contribution is 4.66. The first-order valence-corrected chi connectivity index (χ1v) is 4.49. The molecular weight excluding hydrogens is 154 g/mol. The Hall–Kier alpha value is -0.120. The number of hydrogen-bond donors (Lipinski definition) is 3. The lowest BCUT2D eigenvalue weighted by Gasteiger charge is -2.17. The first-order valence-electron chi connectivity index (χ1n) is 4.49. The number of hydrogen-bond acceptors (Lipinski definition) is 3. The molecule has 0 aromatic heterocycles. The summed E-state index contributed by atoms with van der Waals surface area (Å²) in [6, 6.07) is 0. The fourth-order valence-corrected chi connectivity index (χ4v) is 0.807. The quantitative estimate of drug-likeness (QED) is 0.511. The predicted octanol–water partition coefficient (Wildman–Crippen LogP) is 0.365. The molecule has 3 N–H and O–H groups in total. The molecule has 3 nitrogen and oxygen atoms in total. The molecule has 3 heteroatoms. The average molecular weight is 175 g/mol. The van der Waals surface area contributed by atoms with Gasteiger partial charge in [0.05, 0.1) is 5.60 Å². The van der Waals surface area contributed by atoms with E-state index in [1.54, 1.807) is 13.8 Å². The van der Waals surface area contributed by atoms with Gasteiger partial charge in [0, 0.05) is 6.61 Å². The lowest BCUT2D eigenvalue weighted by Crippen LogP contribution is -2.30. The minimum Gasteiger partial charge on any atom is -0.396 e. The SMILES string of the molecule is CC(CO)CNCCC(C)(C)O. The zero-order valence-corrected chi connectivity index (χ0v) is 8.30. The topological polar surface area (TPSA) is 52.5 Å². The summed E-state index contributed by atoms with van der Waals surface area (Å²) in [5.41, 5.74) is -0.588. The molecule has 12 heavy (non-hydrogen) atoms. The van der Waals surface area contributed by atoms with Crippen LogP contribution in [-0.2, 0) is 0 Å². The van der Waals surface area contributed by atoms with Gasteiger partial charge in [0.15, 0.2) is 0 Å². The molecule has 0 heterocycles. The van der Waals surface area contributed by atoms with Crippen LogP contribution < -0.4 is 5.32 Å². The zero-order chi connectivity index (χ0) is 9.61. The molecule has 0 bridgehead atoms. The second kappa shape index (κ2) is 5.51. The van der Waals surface area contributed by atoms with Crippen molar-refractivity contribution in [3.63, 3.8) is 0 Å². The van der Waals surface area contributed by atoms with E-state index in [0.717, 1.165) is 19.5 Å². The van der Waals surface area contributed by atoms with Gasteiger partial charge in [-0.3, -0.25) is 0 Å². The van der Waals surface area contributed by atoms with Gasteiger partial charge in [0.2, 0.25) is 0 Å². The van der Waals surface area contributed by atoms with Crippen LogP contribution >= 0.6 is 0 Å². The highest BCUT2D eigenvalue weighted by atomic mass is 16.3. The van der Waals surface area contributed by atoms with E-state index in [-0.39, 0.29) is 6.61 Å². The van der Waals surface area contributed by atoms with Crippen molar-refractivity contribution in [1.29, 1.82) is 0 Å². The zero-order valence-electron chi connectivity index (χ0n) is 8.30. The van der Waals surface area contributed by atoms with E-state index in [9.17, 15) is 5.11 Å². The van der Waals surface area contributed by atoms with E-state index in [2.05, 4.69) is 5.32 Å². The molecule has 74 valence electrons. The van der Waals surface area contributed by atoms with Crippen LogP contribution in [0.3, 0.4) is 0 Å². The molecule has 0 aliphatic carbocycles. The molecule has 0 fully saturated rings. The maximum absolute atomic E-state index is 9.35. The molecule has 0 radical (unpaired) electrons. The molecule has 0 rings (SSSR count). The summed E-state index contributed by atoms with van der Waals surface area (Å²) in [7, 11) is 0. The van der Waals surface area contributed by atoms with Crippen LogP contribution in [0.5, 0.6) is 0 Å². The fraction of sp³-hybridized carbons (Fsp3) is 1.00. The van der Waals surface area contributed by atoms with Crippen molar-refractivity contribution >= 4 is 0 Å². The Labute approximate surface area is 74.8 Å². The second-order valence-corrected chi connectivity index (χ2v) is 4.05. The van der Waals surface area contributed by atoms with Crippen molar-refractivity contribution in [3.05, 3.63) is 0 Å². The van der Waals surface area contributed by atoms with Crippen molar-refractivity contribution < 1.29 is 10.2 Å². The van der Waals surface area contributed by atoms with Gasteiger partial charge >= 0.3 is 0 Å². The molecule has 0 saturated carbocycles. The Morgan fingerprint density at radius 1 is 1.42 bits per heavy atom. The Bertz CT molecular complexity index is 110. The van der Waals surface area contributed by atoms with E-state index in [1.807, 2.05) is 6.92 Å². The van der Waals surface area contributed by atoms with E-state index in [0.29, 0.717) is 5.92 Å². The third-order valence-corrected chi connectivity index (χ3v) is 1.72. The van der Waals surface area contributed by atoms with Crippen LogP contribution in [0.1, 0.15) is 27.2 Å². The summed E-state index contributed by atoms with van der Waals surface area (Å²) >= 11 is 0. The largest absolute Gasteiger partial charge is 0.396 e. The van der Waals surface area contributed by atoms with Gasteiger partial charge < -0.3 is 15.5 Å². The first kappa shape index (κ1) is 11.9. The Morgan fingerprint density at radius 2 is 2.00 bits per heavy atom. The molecule has 0 aliphatic heterocycles. The molecule has 0 aromatic rings. The Kier molecular flexibility index (Phi) is 5.46. The summed E-state index contributed by atoms with van der Waals surface area (Å²) < 4.78 is 0. The molecule has 0 aliphatic rings. The van der Waals surface area contributed by atoms with Crippen LogP contribution in [-0.4, -0.2) is 35.5 Å². The number of rotatable bonds is 6. The summed E-state index contributed by atoms with van der Waals surface area (Å²) in [6.45, 7) is 7.40. The predicted molar refractivity (Wildman–Crippen MR) is 50.0 cm³/mol. The average Bonchev–Trinajstić information content (AvgIpc) is 1.96. The lowest BCUT2D eigenvalue weighted by atomic mass is 10.1. The van der Waals surface area contributed by atoms with Gasteiger partial charge in [-0.1, -0.05) is 6.92 Å². The van der Waals surface area contributed by atoms with Crippen LogP contribution in [0, 0.1) is 5.92 Å². The van der Waals surface area contributed by atoms with Crippen molar-refractivity contribution in [2.45, 2.75) is 32.8 Å². The van der Waals surface area contributed by atoms with Gasteiger partial charge in [-0.05, 0) is 39.3 Å². The smallest absolute Gasteiger partial charge is 0.0603 e. The normalized spacial score (nSPS) is 14.8. The minimum absolute atomic E-state index is 0.218. The minimum atomic E-state index is -0.588. The van der Waals surface area contributed by atoms with E-state index in [1.165, 1.54) is 0 Å². The maximum Gasteiger partial charge on any atom is 0.0603 e. The van der Waals surface area contributed by atoms with Gasteiger partial charge in [0.25, 0.3) is 0 Å². The molecule has 1 atom stereocenters. The van der Waals surface area contributed by atoms with Gasteiger partial charge in [-0.25, -0.2) is 0 Å². The first-order chi connectivity index (χ1) is 5.45. The van der Waals surface area contributed by atoms with E-state index < -0.39 is 5.60 Å². The molecular formula is C9H21NO2. The monoisotopic (exact) mass is 175 g/mol. The summed E-state index contributed by atoms with van der Waals surface area (Å²) in [5.74, 6) is 0.298. The van der Waals surface area contributed by atoms with E-state index >= 15 is 0 Å². The molecule has 0 amide bonds. The maximum atomic E-state index is 9.35. The van der Waals surface area contributed by atoms with Crippen LogP contribution in [0.4, 0.5) is 0 Å². The van der Waals surface area contributed by atoms with Gasteiger partial charge in [0.1, 0.15) is 0 Å². The standard InChI is InChI=1S/C9H21NO2/c1-8(7-11)6-10-5-4-9(2,3)12/h8,10-12H,4-7H2,1-3H3. The van der Waals surface area contributed by atoms with Crippen LogP contribution in [0.2, 0.25) is 0 Å². The third-order valence-electron chi connectivity index (χ3n) is 1.72.